The Morgan fingerprint density at radius 2 is 1.68 bits per heavy atom. The largest absolute Gasteiger partial charge is 0.497 e. The van der Waals surface area contributed by atoms with Crippen molar-refractivity contribution in [2.24, 2.45) is 5.73 Å². The zero-order valence-corrected chi connectivity index (χ0v) is 18.0. The molecule has 1 aromatic heterocycles. The predicted octanol–water partition coefficient (Wildman–Crippen LogP) is 4.33. The number of carbonyl (C=O) groups excluding carboxylic acids is 2. The van der Waals surface area contributed by atoms with Gasteiger partial charge in [-0.3, -0.25) is 14.6 Å². The first kappa shape index (κ1) is 20.8. The number of hydrogen-bond acceptors (Lipinski definition) is 4. The molecule has 2 amide bonds. The van der Waals surface area contributed by atoms with Gasteiger partial charge >= 0.3 is 0 Å². The second kappa shape index (κ2) is 8.76. The molecule has 0 radical (unpaired) electrons. The van der Waals surface area contributed by atoms with Crippen LogP contribution in [0.2, 0.25) is 0 Å². The van der Waals surface area contributed by atoms with E-state index in [2.05, 4.69) is 4.98 Å². The van der Waals surface area contributed by atoms with Crippen LogP contribution in [0.4, 0.5) is 0 Å². The van der Waals surface area contributed by atoms with Gasteiger partial charge in [-0.1, -0.05) is 25.0 Å². The number of likely N-dealkylation sites (tertiary alicyclic amines) is 1. The van der Waals surface area contributed by atoms with Crippen molar-refractivity contribution in [3.05, 3.63) is 59.3 Å². The zero-order valence-electron chi connectivity index (χ0n) is 18.0. The highest BCUT2D eigenvalue weighted by Crippen LogP contribution is 2.35. The smallest absolute Gasteiger partial charge is 0.253 e. The molecule has 160 valence electrons. The monoisotopic (exact) mass is 417 g/mol. The second-order valence-electron chi connectivity index (χ2n) is 7.98. The number of nitrogens with two attached hydrogens (primary N) is 1. The molecule has 0 unspecified atom stereocenters. The number of carbonyl (C=O) groups is 2. The summed E-state index contributed by atoms with van der Waals surface area (Å²) in [5.74, 6) is 0.193. The highest BCUT2D eigenvalue weighted by molar-refractivity contribution is 6.09. The maximum Gasteiger partial charge on any atom is 0.253 e. The van der Waals surface area contributed by atoms with E-state index in [-0.39, 0.29) is 5.91 Å². The van der Waals surface area contributed by atoms with E-state index in [9.17, 15) is 9.59 Å². The first-order valence-corrected chi connectivity index (χ1v) is 10.7. The Kier molecular flexibility index (Phi) is 5.89. The van der Waals surface area contributed by atoms with Gasteiger partial charge in [-0.15, -0.1) is 0 Å². The molecule has 0 aliphatic carbocycles. The number of nitrogens with zero attached hydrogens (tertiary/aromatic N) is 2. The molecule has 0 spiro atoms. The van der Waals surface area contributed by atoms with Crippen LogP contribution in [0.3, 0.4) is 0 Å². The maximum atomic E-state index is 13.0. The molecule has 1 saturated heterocycles. The summed E-state index contributed by atoms with van der Waals surface area (Å²) in [6.07, 6.45) is 4.46. The van der Waals surface area contributed by atoms with Gasteiger partial charge in [-0.25, -0.2) is 0 Å². The zero-order chi connectivity index (χ0) is 22.0. The number of fused-ring (bicyclic) bond motifs is 1. The maximum absolute atomic E-state index is 13.0. The minimum absolute atomic E-state index is 0.0565. The fourth-order valence-electron chi connectivity index (χ4n) is 4.33. The Morgan fingerprint density at radius 3 is 2.29 bits per heavy atom. The molecular weight excluding hydrogens is 390 g/mol. The highest BCUT2D eigenvalue weighted by atomic mass is 16.5. The molecule has 6 nitrogen and oxygen atoms in total. The van der Waals surface area contributed by atoms with Crippen molar-refractivity contribution in [2.75, 3.05) is 20.2 Å². The van der Waals surface area contributed by atoms with Crippen LogP contribution in [-0.4, -0.2) is 41.9 Å². The third-order valence-corrected chi connectivity index (χ3v) is 5.93. The van der Waals surface area contributed by atoms with Gasteiger partial charge in [-0.2, -0.15) is 0 Å². The molecule has 1 fully saturated rings. The molecule has 0 atom stereocenters. The molecule has 4 rings (SSSR count). The number of ether oxygens (including phenoxy) is 1. The van der Waals surface area contributed by atoms with Crippen LogP contribution < -0.4 is 10.5 Å². The lowest BCUT2D eigenvalue weighted by atomic mass is 9.93. The van der Waals surface area contributed by atoms with Gasteiger partial charge in [0.1, 0.15) is 5.75 Å². The quantitative estimate of drug-likeness (QED) is 0.684. The van der Waals surface area contributed by atoms with Gasteiger partial charge in [-0.05, 0) is 55.7 Å². The number of benzene rings is 2. The summed E-state index contributed by atoms with van der Waals surface area (Å²) in [6, 6.07) is 13.0. The first-order chi connectivity index (χ1) is 15.0. The van der Waals surface area contributed by atoms with Crippen LogP contribution >= 0.6 is 0 Å². The average Bonchev–Trinajstić information content (AvgIpc) is 3.07. The molecular formula is C25H27N3O3. The summed E-state index contributed by atoms with van der Waals surface area (Å²) in [4.78, 5) is 31.8. The van der Waals surface area contributed by atoms with Gasteiger partial charge in [0.25, 0.3) is 11.8 Å². The Morgan fingerprint density at radius 1 is 1.00 bits per heavy atom. The number of aryl methyl sites for hydroxylation is 1. The molecule has 3 aromatic rings. The third-order valence-electron chi connectivity index (χ3n) is 5.93. The third kappa shape index (κ3) is 4.10. The van der Waals surface area contributed by atoms with Gasteiger partial charge in [0.05, 0.1) is 23.9 Å². The minimum atomic E-state index is -0.533. The molecule has 2 heterocycles. The number of amides is 2. The van der Waals surface area contributed by atoms with Crippen LogP contribution in [0.15, 0.2) is 42.5 Å². The molecule has 0 bridgehead atoms. The lowest BCUT2D eigenvalue weighted by Crippen LogP contribution is -2.31. The van der Waals surface area contributed by atoms with E-state index in [0.29, 0.717) is 28.1 Å². The van der Waals surface area contributed by atoms with Gasteiger partial charge < -0.3 is 15.4 Å². The number of methoxy groups -OCH3 is 1. The van der Waals surface area contributed by atoms with Crippen molar-refractivity contribution in [1.29, 1.82) is 0 Å². The van der Waals surface area contributed by atoms with Crippen LogP contribution in [0.25, 0.3) is 22.0 Å². The molecule has 6 heteroatoms. The number of aromatic nitrogens is 1. The Hall–Kier alpha value is -3.41. The van der Waals surface area contributed by atoms with Gasteiger partial charge in [0.15, 0.2) is 0 Å². The van der Waals surface area contributed by atoms with Crippen LogP contribution in [0.5, 0.6) is 5.75 Å². The Balaban J connectivity index is 1.79. The fraction of sp³-hybridized carbons (Fsp3) is 0.320. The van der Waals surface area contributed by atoms with E-state index in [4.69, 9.17) is 10.5 Å². The van der Waals surface area contributed by atoms with Crippen molar-refractivity contribution in [1.82, 2.24) is 9.88 Å². The van der Waals surface area contributed by atoms with E-state index in [1.54, 1.807) is 14.0 Å². The number of rotatable bonds is 4. The standard InChI is InChI=1S/C25H27N3O3/c1-16-22(24(26)29)23(20-15-19(31-2)11-12-21(20)27-16)17-7-9-18(10-8-17)25(30)28-13-5-3-4-6-14-28/h7-12,15H,3-6,13-14H2,1-2H3,(H2,26,29). The summed E-state index contributed by atoms with van der Waals surface area (Å²) in [7, 11) is 1.60. The van der Waals surface area contributed by atoms with Crippen LogP contribution in [0.1, 0.15) is 52.1 Å². The van der Waals surface area contributed by atoms with Crippen molar-refractivity contribution < 1.29 is 14.3 Å². The van der Waals surface area contributed by atoms with Gasteiger partial charge in [0.2, 0.25) is 0 Å². The lowest BCUT2D eigenvalue weighted by molar-refractivity contribution is 0.0761. The van der Waals surface area contributed by atoms with Crippen molar-refractivity contribution >= 4 is 22.7 Å². The fourth-order valence-corrected chi connectivity index (χ4v) is 4.33. The highest BCUT2D eigenvalue weighted by Gasteiger charge is 2.21. The summed E-state index contributed by atoms with van der Waals surface area (Å²) in [5.41, 5.74) is 9.62. The van der Waals surface area contributed by atoms with E-state index >= 15 is 0 Å². The van der Waals surface area contributed by atoms with Gasteiger partial charge in [0, 0.05) is 29.6 Å². The van der Waals surface area contributed by atoms with E-state index in [1.807, 2.05) is 47.4 Å². The molecule has 1 aliphatic rings. The first-order valence-electron chi connectivity index (χ1n) is 10.7. The van der Waals surface area contributed by atoms with Crippen LogP contribution in [0, 0.1) is 6.92 Å². The molecule has 0 saturated carbocycles. The summed E-state index contributed by atoms with van der Waals surface area (Å²) >= 11 is 0. The number of pyridine rings is 1. The number of hydrogen-bond donors (Lipinski definition) is 1. The summed E-state index contributed by atoms with van der Waals surface area (Å²) in [6.45, 7) is 3.39. The SMILES string of the molecule is COc1ccc2nc(C)c(C(N)=O)c(-c3ccc(C(=O)N4CCCCCC4)cc3)c2c1. The summed E-state index contributed by atoms with van der Waals surface area (Å²) < 4.78 is 5.38. The van der Waals surface area contributed by atoms with Crippen molar-refractivity contribution in [2.45, 2.75) is 32.6 Å². The normalized spacial score (nSPS) is 14.3. The van der Waals surface area contributed by atoms with E-state index in [1.165, 1.54) is 12.8 Å². The molecule has 31 heavy (non-hydrogen) atoms. The van der Waals surface area contributed by atoms with E-state index in [0.717, 1.165) is 42.4 Å². The molecule has 2 aromatic carbocycles. The van der Waals surface area contributed by atoms with Crippen LogP contribution in [-0.2, 0) is 0 Å². The Bertz CT molecular complexity index is 1130. The predicted molar refractivity (Wildman–Crippen MR) is 121 cm³/mol. The topological polar surface area (TPSA) is 85.5 Å². The Labute approximate surface area is 182 Å². The number of primary amides is 1. The minimum Gasteiger partial charge on any atom is -0.497 e. The van der Waals surface area contributed by atoms with Crippen molar-refractivity contribution in [3.63, 3.8) is 0 Å². The second-order valence-corrected chi connectivity index (χ2v) is 7.98. The van der Waals surface area contributed by atoms with E-state index < -0.39 is 5.91 Å². The molecule has 1 aliphatic heterocycles. The molecule has 2 N–H and O–H groups in total. The lowest BCUT2D eigenvalue weighted by Gasteiger charge is -2.20. The average molecular weight is 418 g/mol. The van der Waals surface area contributed by atoms with Crippen molar-refractivity contribution in [3.8, 4) is 16.9 Å². The summed E-state index contributed by atoms with van der Waals surface area (Å²) in [5, 5.41) is 0.783.